The number of amidine groups is 1. The third-order valence-electron chi connectivity index (χ3n) is 5.90. The highest BCUT2D eigenvalue weighted by Gasteiger charge is 2.19. The standard InChI is InChI=1S/C23H30N6/c1-15-26-13-22(27-15)19(12-23(24)25-2)21-11-17-10-16(8-9-20(17)28-21)14-29(3)18-6-4-5-7-18/h8-13,18,28H,4-7,14H2,1-3H3,(H2,24,25)(H,26,27)/b19-12-. The monoisotopic (exact) mass is 390 g/mol. The summed E-state index contributed by atoms with van der Waals surface area (Å²) in [6, 6.07) is 9.58. The van der Waals surface area contributed by atoms with E-state index in [1.54, 1.807) is 7.05 Å². The Morgan fingerprint density at radius 1 is 1.24 bits per heavy atom. The zero-order valence-electron chi connectivity index (χ0n) is 17.5. The van der Waals surface area contributed by atoms with Gasteiger partial charge in [-0.05, 0) is 56.7 Å². The summed E-state index contributed by atoms with van der Waals surface area (Å²) in [6.45, 7) is 2.93. The second-order valence-corrected chi connectivity index (χ2v) is 8.05. The van der Waals surface area contributed by atoms with Crippen molar-refractivity contribution >= 4 is 22.3 Å². The van der Waals surface area contributed by atoms with E-state index in [0.717, 1.165) is 40.9 Å². The number of aryl methyl sites for hydroxylation is 1. The van der Waals surface area contributed by atoms with Crippen LogP contribution in [0.3, 0.4) is 0 Å². The van der Waals surface area contributed by atoms with Gasteiger partial charge >= 0.3 is 0 Å². The summed E-state index contributed by atoms with van der Waals surface area (Å²) in [5.41, 5.74) is 11.3. The number of imidazole rings is 1. The molecule has 1 fully saturated rings. The van der Waals surface area contributed by atoms with Crippen LogP contribution in [0.2, 0.25) is 0 Å². The molecule has 1 aromatic carbocycles. The Kier molecular flexibility index (Phi) is 5.53. The average Bonchev–Trinajstić information content (AvgIpc) is 3.46. The number of rotatable bonds is 6. The van der Waals surface area contributed by atoms with Gasteiger partial charge in [0.2, 0.25) is 0 Å². The molecule has 2 heterocycles. The van der Waals surface area contributed by atoms with Gasteiger partial charge in [0.05, 0.1) is 11.9 Å². The molecule has 2 aromatic heterocycles. The molecular weight excluding hydrogens is 360 g/mol. The smallest absolute Gasteiger partial charge is 0.118 e. The molecule has 0 radical (unpaired) electrons. The molecule has 1 aliphatic rings. The number of nitrogens with two attached hydrogens (primary N) is 1. The van der Waals surface area contributed by atoms with Crippen molar-refractivity contribution in [2.24, 2.45) is 10.7 Å². The molecule has 6 heteroatoms. The van der Waals surface area contributed by atoms with Gasteiger partial charge in [0.15, 0.2) is 0 Å². The van der Waals surface area contributed by atoms with Crippen LogP contribution in [0, 0.1) is 6.92 Å². The highest BCUT2D eigenvalue weighted by Crippen LogP contribution is 2.28. The van der Waals surface area contributed by atoms with Gasteiger partial charge in [0.25, 0.3) is 0 Å². The van der Waals surface area contributed by atoms with Gasteiger partial charge in [-0.15, -0.1) is 0 Å². The van der Waals surface area contributed by atoms with E-state index >= 15 is 0 Å². The van der Waals surface area contributed by atoms with Crippen LogP contribution in [-0.4, -0.2) is 45.8 Å². The Hall–Kier alpha value is -2.86. The van der Waals surface area contributed by atoms with E-state index in [1.165, 1.54) is 36.6 Å². The zero-order valence-corrected chi connectivity index (χ0v) is 17.5. The summed E-state index contributed by atoms with van der Waals surface area (Å²) in [5.74, 6) is 1.34. The van der Waals surface area contributed by atoms with E-state index in [4.69, 9.17) is 5.73 Å². The van der Waals surface area contributed by atoms with Crippen molar-refractivity contribution in [1.29, 1.82) is 0 Å². The summed E-state index contributed by atoms with van der Waals surface area (Å²) in [6.07, 6.45) is 9.09. The first-order chi connectivity index (χ1) is 14.0. The Labute approximate surface area is 171 Å². The van der Waals surface area contributed by atoms with Crippen molar-refractivity contribution in [3.8, 4) is 0 Å². The normalized spacial score (nSPS) is 16.4. The molecule has 3 aromatic rings. The minimum Gasteiger partial charge on any atom is -0.384 e. The van der Waals surface area contributed by atoms with Crippen molar-refractivity contribution in [1.82, 2.24) is 19.9 Å². The summed E-state index contributed by atoms with van der Waals surface area (Å²) >= 11 is 0. The Morgan fingerprint density at radius 2 is 2.03 bits per heavy atom. The summed E-state index contributed by atoms with van der Waals surface area (Å²) in [4.78, 5) is 17.8. The average molecular weight is 391 g/mol. The van der Waals surface area contributed by atoms with Crippen molar-refractivity contribution in [2.45, 2.75) is 45.2 Å². The van der Waals surface area contributed by atoms with E-state index in [0.29, 0.717) is 5.84 Å². The lowest BCUT2D eigenvalue weighted by atomic mass is 10.1. The first kappa shape index (κ1) is 19.5. The van der Waals surface area contributed by atoms with Crippen molar-refractivity contribution in [2.75, 3.05) is 14.1 Å². The van der Waals surface area contributed by atoms with E-state index in [2.05, 4.69) is 56.2 Å². The van der Waals surface area contributed by atoms with E-state index < -0.39 is 0 Å². The molecule has 0 amide bonds. The lowest BCUT2D eigenvalue weighted by molar-refractivity contribution is 0.237. The number of nitrogens with one attached hydrogen (secondary N) is 2. The molecule has 152 valence electrons. The van der Waals surface area contributed by atoms with Crippen LogP contribution in [0.4, 0.5) is 0 Å². The predicted octanol–water partition coefficient (Wildman–Crippen LogP) is 3.99. The van der Waals surface area contributed by atoms with Crippen LogP contribution in [0.25, 0.3) is 16.5 Å². The molecular formula is C23H30N6. The van der Waals surface area contributed by atoms with Crippen LogP contribution in [-0.2, 0) is 6.54 Å². The zero-order chi connectivity index (χ0) is 20.4. The Bertz CT molecular complexity index is 1050. The minimum atomic E-state index is 0.477. The van der Waals surface area contributed by atoms with Gasteiger partial charge in [0.1, 0.15) is 11.7 Å². The SMILES string of the molecule is CN=C(N)/C=C(\c1cnc(C)[nH]1)c1cc2cc(CN(C)C3CCCC3)ccc2[nH]1. The fraction of sp³-hybridized carbons (Fsp3) is 0.391. The van der Waals surface area contributed by atoms with Gasteiger partial charge in [0, 0.05) is 41.8 Å². The molecule has 0 unspecified atom stereocenters. The maximum absolute atomic E-state index is 6.01. The number of aliphatic imine (C=N–C) groups is 1. The van der Waals surface area contributed by atoms with Gasteiger partial charge in [-0.25, -0.2) is 4.98 Å². The lowest BCUT2D eigenvalue weighted by Crippen LogP contribution is -2.28. The highest BCUT2D eigenvalue weighted by atomic mass is 15.1. The van der Waals surface area contributed by atoms with Crippen molar-refractivity contribution in [3.05, 3.63) is 59.3 Å². The maximum Gasteiger partial charge on any atom is 0.118 e. The number of H-pyrrole nitrogens is 2. The second kappa shape index (κ2) is 8.25. The molecule has 4 rings (SSSR count). The van der Waals surface area contributed by atoms with Crippen molar-refractivity contribution in [3.63, 3.8) is 0 Å². The number of benzene rings is 1. The van der Waals surface area contributed by atoms with Crippen LogP contribution < -0.4 is 5.73 Å². The summed E-state index contributed by atoms with van der Waals surface area (Å²) < 4.78 is 0. The summed E-state index contributed by atoms with van der Waals surface area (Å²) in [7, 11) is 3.94. The van der Waals surface area contributed by atoms with Gasteiger partial charge in [-0.3, -0.25) is 9.89 Å². The van der Waals surface area contributed by atoms with E-state index in [1.807, 2.05) is 19.2 Å². The molecule has 4 N–H and O–H groups in total. The molecule has 6 nitrogen and oxygen atoms in total. The third kappa shape index (κ3) is 4.27. The first-order valence-corrected chi connectivity index (χ1v) is 10.3. The van der Waals surface area contributed by atoms with Crippen molar-refractivity contribution < 1.29 is 0 Å². The maximum atomic E-state index is 6.01. The number of hydrogen-bond donors (Lipinski definition) is 3. The third-order valence-corrected chi connectivity index (χ3v) is 5.90. The number of hydrogen-bond acceptors (Lipinski definition) is 3. The predicted molar refractivity (Wildman–Crippen MR) is 120 cm³/mol. The number of fused-ring (bicyclic) bond motifs is 1. The molecule has 0 bridgehead atoms. The molecule has 0 aliphatic heterocycles. The topological polar surface area (TPSA) is 86.1 Å². The highest BCUT2D eigenvalue weighted by molar-refractivity contribution is 6.01. The second-order valence-electron chi connectivity index (χ2n) is 8.05. The van der Waals surface area contributed by atoms with E-state index in [-0.39, 0.29) is 0 Å². The van der Waals surface area contributed by atoms with Crippen LogP contribution in [0.1, 0.15) is 48.5 Å². The molecule has 0 atom stereocenters. The molecule has 0 saturated heterocycles. The number of nitrogens with zero attached hydrogens (tertiary/aromatic N) is 3. The fourth-order valence-electron chi connectivity index (χ4n) is 4.26. The minimum absolute atomic E-state index is 0.477. The number of aromatic nitrogens is 3. The largest absolute Gasteiger partial charge is 0.384 e. The Balaban J connectivity index is 1.65. The number of aromatic amines is 2. The fourth-order valence-corrected chi connectivity index (χ4v) is 4.26. The van der Waals surface area contributed by atoms with E-state index in [9.17, 15) is 0 Å². The lowest BCUT2D eigenvalue weighted by Gasteiger charge is -2.24. The van der Waals surface area contributed by atoms with Crippen LogP contribution in [0.5, 0.6) is 0 Å². The Morgan fingerprint density at radius 3 is 2.72 bits per heavy atom. The summed E-state index contributed by atoms with van der Waals surface area (Å²) in [5, 5.41) is 1.20. The van der Waals surface area contributed by atoms with Gasteiger partial charge in [-0.1, -0.05) is 18.9 Å². The molecule has 29 heavy (non-hydrogen) atoms. The van der Waals surface area contributed by atoms with Crippen LogP contribution >= 0.6 is 0 Å². The molecule has 1 saturated carbocycles. The van der Waals surface area contributed by atoms with Gasteiger partial charge in [-0.2, -0.15) is 0 Å². The van der Waals surface area contributed by atoms with Gasteiger partial charge < -0.3 is 15.7 Å². The quantitative estimate of drug-likeness (QED) is 0.439. The van der Waals surface area contributed by atoms with Crippen LogP contribution in [0.15, 0.2) is 41.5 Å². The molecule has 0 spiro atoms. The molecule has 1 aliphatic carbocycles. The first-order valence-electron chi connectivity index (χ1n) is 10.3.